The van der Waals surface area contributed by atoms with Crippen LogP contribution in [0.3, 0.4) is 0 Å². The predicted octanol–water partition coefficient (Wildman–Crippen LogP) is 2.78. The number of para-hydroxylation sites is 1. The van der Waals surface area contributed by atoms with Crippen molar-refractivity contribution in [2.75, 3.05) is 13.1 Å². The number of amides is 3. The Morgan fingerprint density at radius 2 is 1.89 bits per heavy atom. The van der Waals surface area contributed by atoms with E-state index in [-0.39, 0.29) is 28.6 Å². The number of hydrogen-bond acceptors (Lipinski definition) is 3. The van der Waals surface area contributed by atoms with Gasteiger partial charge in [-0.2, -0.15) is 0 Å². The van der Waals surface area contributed by atoms with E-state index in [1.807, 2.05) is 30.5 Å². The number of rotatable bonds is 5. The summed E-state index contributed by atoms with van der Waals surface area (Å²) in [6, 6.07) is 12.6. The first kappa shape index (κ1) is 17.3. The SMILES string of the molecule is O=C(CN1C(=O)c2cccc(Cl)c2C1=O)NCCc1c[nH]c2ccccc12. The Morgan fingerprint density at radius 1 is 1.07 bits per heavy atom. The van der Waals surface area contributed by atoms with Crippen LogP contribution < -0.4 is 5.32 Å². The van der Waals surface area contributed by atoms with Gasteiger partial charge in [-0.1, -0.05) is 35.9 Å². The van der Waals surface area contributed by atoms with Gasteiger partial charge >= 0.3 is 0 Å². The fourth-order valence-corrected chi connectivity index (χ4v) is 3.57. The van der Waals surface area contributed by atoms with Gasteiger partial charge in [0.05, 0.1) is 16.1 Å². The van der Waals surface area contributed by atoms with Crippen LogP contribution in [0, 0.1) is 0 Å². The fraction of sp³-hybridized carbons (Fsp3) is 0.150. The molecule has 0 radical (unpaired) electrons. The maximum absolute atomic E-state index is 12.4. The largest absolute Gasteiger partial charge is 0.361 e. The Balaban J connectivity index is 1.37. The highest BCUT2D eigenvalue weighted by molar-refractivity contribution is 6.37. The summed E-state index contributed by atoms with van der Waals surface area (Å²) >= 11 is 6.02. The average Bonchev–Trinajstić information content (AvgIpc) is 3.17. The lowest BCUT2D eigenvalue weighted by molar-refractivity contribution is -0.121. The first-order valence-electron chi connectivity index (χ1n) is 8.52. The normalized spacial score (nSPS) is 13.3. The maximum atomic E-state index is 12.4. The number of H-pyrrole nitrogens is 1. The van der Waals surface area contributed by atoms with Gasteiger partial charge in [-0.05, 0) is 30.2 Å². The van der Waals surface area contributed by atoms with Crippen LogP contribution in [0.15, 0.2) is 48.7 Å². The predicted molar refractivity (Wildman–Crippen MR) is 102 cm³/mol. The van der Waals surface area contributed by atoms with Crippen LogP contribution in [0.2, 0.25) is 5.02 Å². The van der Waals surface area contributed by atoms with Gasteiger partial charge < -0.3 is 10.3 Å². The number of carbonyl (C=O) groups is 3. The molecule has 0 saturated heterocycles. The molecule has 1 aliphatic rings. The van der Waals surface area contributed by atoms with Gasteiger partial charge in [-0.3, -0.25) is 19.3 Å². The van der Waals surface area contributed by atoms with Crippen LogP contribution in [0.1, 0.15) is 26.3 Å². The number of aromatic nitrogens is 1. The molecular weight excluding hydrogens is 366 g/mol. The van der Waals surface area contributed by atoms with Gasteiger partial charge in [0.15, 0.2) is 0 Å². The van der Waals surface area contributed by atoms with Gasteiger partial charge in [-0.25, -0.2) is 0 Å². The number of benzene rings is 2. The van der Waals surface area contributed by atoms with E-state index in [1.165, 1.54) is 6.07 Å². The zero-order chi connectivity index (χ0) is 19.0. The van der Waals surface area contributed by atoms with E-state index in [0.29, 0.717) is 13.0 Å². The number of nitrogens with one attached hydrogen (secondary N) is 2. The third-order valence-electron chi connectivity index (χ3n) is 4.64. The molecule has 1 aliphatic heterocycles. The summed E-state index contributed by atoms with van der Waals surface area (Å²) in [7, 11) is 0. The minimum absolute atomic E-state index is 0.163. The number of nitrogens with zero attached hydrogens (tertiary/aromatic N) is 1. The van der Waals surface area contributed by atoms with Crippen molar-refractivity contribution in [3.05, 3.63) is 70.4 Å². The molecule has 7 heteroatoms. The Morgan fingerprint density at radius 3 is 2.70 bits per heavy atom. The second-order valence-corrected chi connectivity index (χ2v) is 6.73. The molecule has 2 aromatic carbocycles. The summed E-state index contributed by atoms with van der Waals surface area (Å²) < 4.78 is 0. The number of hydrogen-bond donors (Lipinski definition) is 2. The van der Waals surface area contributed by atoms with E-state index in [9.17, 15) is 14.4 Å². The van der Waals surface area contributed by atoms with E-state index in [4.69, 9.17) is 11.6 Å². The molecule has 0 aliphatic carbocycles. The molecule has 0 unspecified atom stereocenters. The quantitative estimate of drug-likeness (QED) is 0.667. The molecular formula is C20H16ClN3O3. The number of fused-ring (bicyclic) bond motifs is 2. The van der Waals surface area contributed by atoms with Crippen molar-refractivity contribution in [3.8, 4) is 0 Å². The second kappa shape index (κ2) is 6.89. The third-order valence-corrected chi connectivity index (χ3v) is 4.96. The van der Waals surface area contributed by atoms with Crippen molar-refractivity contribution in [1.82, 2.24) is 15.2 Å². The lowest BCUT2D eigenvalue weighted by Gasteiger charge is -2.13. The van der Waals surface area contributed by atoms with Crippen molar-refractivity contribution in [3.63, 3.8) is 0 Å². The van der Waals surface area contributed by atoms with Gasteiger partial charge in [0, 0.05) is 23.6 Å². The van der Waals surface area contributed by atoms with E-state index in [2.05, 4.69) is 10.3 Å². The molecule has 4 rings (SSSR count). The average molecular weight is 382 g/mol. The molecule has 0 saturated carbocycles. The number of aromatic amines is 1. The van der Waals surface area contributed by atoms with Crippen LogP contribution in [0.4, 0.5) is 0 Å². The summed E-state index contributed by atoms with van der Waals surface area (Å²) in [5.74, 6) is -1.42. The molecule has 2 N–H and O–H groups in total. The van der Waals surface area contributed by atoms with Crippen molar-refractivity contribution in [1.29, 1.82) is 0 Å². The summed E-state index contributed by atoms with van der Waals surface area (Å²) in [6.07, 6.45) is 2.56. The molecule has 0 bridgehead atoms. The van der Waals surface area contributed by atoms with Gasteiger partial charge in [0.1, 0.15) is 6.54 Å². The molecule has 2 heterocycles. The minimum atomic E-state index is -0.535. The molecule has 3 amide bonds. The van der Waals surface area contributed by atoms with E-state index < -0.39 is 11.8 Å². The Hall–Kier alpha value is -3.12. The molecule has 0 spiro atoms. The van der Waals surface area contributed by atoms with Crippen molar-refractivity contribution in [2.45, 2.75) is 6.42 Å². The van der Waals surface area contributed by atoms with E-state index in [1.54, 1.807) is 12.1 Å². The van der Waals surface area contributed by atoms with Crippen molar-refractivity contribution < 1.29 is 14.4 Å². The molecule has 6 nitrogen and oxygen atoms in total. The standard InChI is InChI=1S/C20H16ClN3O3/c21-15-6-3-5-14-18(15)20(27)24(19(14)26)11-17(25)22-9-8-12-10-23-16-7-2-1-4-13(12)16/h1-7,10,23H,8-9,11H2,(H,22,25). The van der Waals surface area contributed by atoms with E-state index in [0.717, 1.165) is 21.4 Å². The summed E-state index contributed by atoms with van der Waals surface area (Å²) in [5, 5.41) is 4.09. The molecule has 0 fully saturated rings. The summed E-state index contributed by atoms with van der Waals surface area (Å²) in [6.45, 7) is 0.0845. The van der Waals surface area contributed by atoms with Gasteiger partial charge in [-0.15, -0.1) is 0 Å². The molecule has 3 aromatic rings. The summed E-state index contributed by atoms with van der Waals surface area (Å²) in [5.41, 5.74) is 2.54. The third kappa shape index (κ3) is 3.08. The first-order chi connectivity index (χ1) is 13.1. The smallest absolute Gasteiger partial charge is 0.263 e. The molecule has 136 valence electrons. The lowest BCUT2D eigenvalue weighted by atomic mass is 10.1. The fourth-order valence-electron chi connectivity index (χ4n) is 3.31. The highest BCUT2D eigenvalue weighted by atomic mass is 35.5. The lowest BCUT2D eigenvalue weighted by Crippen LogP contribution is -2.40. The van der Waals surface area contributed by atoms with Crippen LogP contribution in [-0.4, -0.2) is 40.7 Å². The zero-order valence-corrected chi connectivity index (χ0v) is 15.0. The second-order valence-electron chi connectivity index (χ2n) is 6.32. The zero-order valence-electron chi connectivity index (χ0n) is 14.3. The molecule has 0 atom stereocenters. The van der Waals surface area contributed by atoms with Crippen molar-refractivity contribution in [2.24, 2.45) is 0 Å². The minimum Gasteiger partial charge on any atom is -0.361 e. The Bertz CT molecular complexity index is 1070. The first-order valence-corrected chi connectivity index (χ1v) is 8.90. The van der Waals surface area contributed by atoms with Crippen molar-refractivity contribution >= 4 is 40.2 Å². The van der Waals surface area contributed by atoms with Crippen LogP contribution in [0.5, 0.6) is 0 Å². The van der Waals surface area contributed by atoms with Crippen LogP contribution >= 0.6 is 11.6 Å². The highest BCUT2D eigenvalue weighted by Crippen LogP contribution is 2.28. The Labute approximate surface area is 160 Å². The number of carbonyl (C=O) groups excluding carboxylic acids is 3. The van der Waals surface area contributed by atoms with Gasteiger partial charge in [0.2, 0.25) is 5.91 Å². The van der Waals surface area contributed by atoms with Crippen LogP contribution in [-0.2, 0) is 11.2 Å². The number of imide groups is 1. The van der Waals surface area contributed by atoms with Crippen LogP contribution in [0.25, 0.3) is 10.9 Å². The van der Waals surface area contributed by atoms with E-state index >= 15 is 0 Å². The topological polar surface area (TPSA) is 82.3 Å². The summed E-state index contributed by atoms with van der Waals surface area (Å²) in [4.78, 5) is 41.1. The molecule has 27 heavy (non-hydrogen) atoms. The van der Waals surface area contributed by atoms with Gasteiger partial charge in [0.25, 0.3) is 11.8 Å². The maximum Gasteiger partial charge on any atom is 0.263 e. The molecule has 1 aromatic heterocycles. The monoisotopic (exact) mass is 381 g/mol. The Kier molecular flexibility index (Phi) is 4.41. The highest BCUT2D eigenvalue weighted by Gasteiger charge is 2.38. The number of halogens is 1.